The standard InChI is InChI=1S/C17H21ClN2O5/c1-4-12(9-22-2)19-17(21)14-8-13(25-20-14)10-24-15-6-5-11(18)7-16(15)23-3/h5-8,12H,4,9-10H2,1-3H3,(H,19,21). The first-order valence-electron chi connectivity index (χ1n) is 7.79. The zero-order chi connectivity index (χ0) is 18.2. The maximum Gasteiger partial charge on any atom is 0.273 e. The van der Waals surface area contributed by atoms with E-state index in [1.54, 1.807) is 25.3 Å². The third-order valence-corrected chi connectivity index (χ3v) is 3.72. The summed E-state index contributed by atoms with van der Waals surface area (Å²) in [5.41, 5.74) is 0.191. The average molecular weight is 369 g/mol. The number of amides is 1. The first-order valence-corrected chi connectivity index (χ1v) is 8.16. The van der Waals surface area contributed by atoms with Crippen molar-refractivity contribution in [3.63, 3.8) is 0 Å². The number of carbonyl (C=O) groups excluding carboxylic acids is 1. The normalized spacial score (nSPS) is 11.8. The van der Waals surface area contributed by atoms with E-state index in [2.05, 4.69) is 10.5 Å². The molecule has 0 bridgehead atoms. The van der Waals surface area contributed by atoms with Gasteiger partial charge in [0.2, 0.25) is 0 Å². The average Bonchev–Trinajstić information content (AvgIpc) is 3.09. The minimum atomic E-state index is -0.317. The molecule has 1 aromatic heterocycles. The lowest BCUT2D eigenvalue weighted by atomic mass is 10.2. The van der Waals surface area contributed by atoms with Crippen LogP contribution in [-0.4, -0.2) is 37.9 Å². The molecule has 0 saturated carbocycles. The molecule has 0 aliphatic carbocycles. The highest BCUT2D eigenvalue weighted by molar-refractivity contribution is 6.30. The predicted molar refractivity (Wildman–Crippen MR) is 92.3 cm³/mol. The van der Waals surface area contributed by atoms with E-state index in [-0.39, 0.29) is 24.2 Å². The highest BCUT2D eigenvalue weighted by Gasteiger charge is 2.17. The number of hydrogen-bond acceptors (Lipinski definition) is 6. The zero-order valence-corrected chi connectivity index (χ0v) is 15.1. The van der Waals surface area contributed by atoms with Crippen LogP contribution in [0.4, 0.5) is 0 Å². The summed E-state index contributed by atoms with van der Waals surface area (Å²) < 4.78 is 21.0. The Morgan fingerprint density at radius 3 is 2.80 bits per heavy atom. The minimum Gasteiger partial charge on any atom is -0.493 e. The number of aromatic nitrogens is 1. The second kappa shape index (κ2) is 9.29. The Labute approximate surface area is 151 Å². The quantitative estimate of drug-likeness (QED) is 0.732. The van der Waals surface area contributed by atoms with Gasteiger partial charge in [0.05, 0.1) is 19.8 Å². The molecule has 0 saturated heterocycles. The van der Waals surface area contributed by atoms with Crippen molar-refractivity contribution < 1.29 is 23.5 Å². The van der Waals surface area contributed by atoms with Crippen LogP contribution in [0.1, 0.15) is 29.6 Å². The fraction of sp³-hybridized carbons (Fsp3) is 0.412. The molecule has 25 heavy (non-hydrogen) atoms. The summed E-state index contributed by atoms with van der Waals surface area (Å²) in [6.07, 6.45) is 0.754. The molecule has 1 heterocycles. The molecule has 0 radical (unpaired) electrons. The van der Waals surface area contributed by atoms with E-state index in [0.717, 1.165) is 6.42 Å². The minimum absolute atomic E-state index is 0.0766. The van der Waals surface area contributed by atoms with Crippen molar-refractivity contribution in [1.29, 1.82) is 0 Å². The Kier molecular flexibility index (Phi) is 7.09. The summed E-state index contributed by atoms with van der Waals surface area (Å²) in [6.45, 7) is 2.51. The van der Waals surface area contributed by atoms with Crippen LogP contribution in [-0.2, 0) is 11.3 Å². The van der Waals surface area contributed by atoms with Gasteiger partial charge in [-0.05, 0) is 18.6 Å². The Morgan fingerprint density at radius 2 is 2.12 bits per heavy atom. The van der Waals surface area contributed by atoms with Crippen LogP contribution in [0.25, 0.3) is 0 Å². The van der Waals surface area contributed by atoms with E-state index < -0.39 is 0 Å². The van der Waals surface area contributed by atoms with Gasteiger partial charge >= 0.3 is 0 Å². The summed E-state index contributed by atoms with van der Waals surface area (Å²) in [5, 5.41) is 7.15. The van der Waals surface area contributed by atoms with Gasteiger partial charge in [-0.25, -0.2) is 0 Å². The van der Waals surface area contributed by atoms with Crippen LogP contribution in [0.5, 0.6) is 11.5 Å². The topological polar surface area (TPSA) is 82.8 Å². The SMILES string of the molecule is CCC(COC)NC(=O)c1cc(COc2ccc(Cl)cc2OC)on1. The molecule has 1 unspecified atom stereocenters. The van der Waals surface area contributed by atoms with Gasteiger partial charge in [0.1, 0.15) is 6.61 Å². The van der Waals surface area contributed by atoms with Gasteiger partial charge in [-0.3, -0.25) is 4.79 Å². The van der Waals surface area contributed by atoms with E-state index in [9.17, 15) is 4.79 Å². The van der Waals surface area contributed by atoms with Crippen molar-refractivity contribution in [2.24, 2.45) is 0 Å². The molecule has 7 nitrogen and oxygen atoms in total. The van der Waals surface area contributed by atoms with Crippen molar-refractivity contribution in [1.82, 2.24) is 10.5 Å². The van der Waals surface area contributed by atoms with Gasteiger partial charge in [-0.15, -0.1) is 0 Å². The highest BCUT2D eigenvalue weighted by atomic mass is 35.5. The van der Waals surface area contributed by atoms with Gasteiger partial charge in [0.25, 0.3) is 5.91 Å². The molecule has 0 fully saturated rings. The number of hydrogen-bond donors (Lipinski definition) is 1. The molecule has 1 amide bonds. The van der Waals surface area contributed by atoms with Crippen LogP contribution in [0.3, 0.4) is 0 Å². The van der Waals surface area contributed by atoms with Crippen molar-refractivity contribution in [3.8, 4) is 11.5 Å². The molecular formula is C17H21ClN2O5. The fourth-order valence-corrected chi connectivity index (χ4v) is 2.28. The van der Waals surface area contributed by atoms with E-state index in [4.69, 9.17) is 30.3 Å². The van der Waals surface area contributed by atoms with E-state index in [1.807, 2.05) is 6.92 Å². The van der Waals surface area contributed by atoms with Gasteiger partial charge in [0.15, 0.2) is 23.0 Å². The number of nitrogens with one attached hydrogen (secondary N) is 1. The Balaban J connectivity index is 1.96. The molecule has 1 atom stereocenters. The predicted octanol–water partition coefficient (Wildman–Crippen LogP) is 3.07. The second-order valence-corrected chi connectivity index (χ2v) is 5.73. The first-order chi connectivity index (χ1) is 12.1. The lowest BCUT2D eigenvalue weighted by Gasteiger charge is -2.14. The summed E-state index contributed by atoms with van der Waals surface area (Å²) in [6, 6.07) is 6.50. The largest absolute Gasteiger partial charge is 0.493 e. The van der Waals surface area contributed by atoms with Crippen molar-refractivity contribution in [2.45, 2.75) is 26.0 Å². The Bertz CT molecular complexity index is 704. The molecule has 136 valence electrons. The Morgan fingerprint density at radius 1 is 1.32 bits per heavy atom. The van der Waals surface area contributed by atoms with E-state index in [1.165, 1.54) is 13.2 Å². The lowest BCUT2D eigenvalue weighted by molar-refractivity contribution is 0.0885. The second-order valence-electron chi connectivity index (χ2n) is 5.30. The Hall–Kier alpha value is -2.25. The molecular weight excluding hydrogens is 348 g/mol. The molecule has 0 spiro atoms. The lowest BCUT2D eigenvalue weighted by Crippen LogP contribution is -2.37. The molecule has 2 rings (SSSR count). The number of nitrogens with zero attached hydrogens (tertiary/aromatic N) is 1. The number of carbonyl (C=O) groups is 1. The van der Waals surface area contributed by atoms with Crippen LogP contribution in [0.15, 0.2) is 28.8 Å². The van der Waals surface area contributed by atoms with Crippen LogP contribution in [0.2, 0.25) is 5.02 Å². The molecule has 0 aliphatic heterocycles. The third kappa shape index (κ3) is 5.37. The molecule has 2 aromatic rings. The number of rotatable bonds is 9. The summed E-state index contributed by atoms with van der Waals surface area (Å²) in [4.78, 5) is 12.1. The summed E-state index contributed by atoms with van der Waals surface area (Å²) in [7, 11) is 3.12. The third-order valence-electron chi connectivity index (χ3n) is 3.48. The molecule has 8 heteroatoms. The number of halogens is 1. The molecule has 1 N–H and O–H groups in total. The van der Waals surface area contributed by atoms with Crippen molar-refractivity contribution in [3.05, 3.63) is 40.7 Å². The van der Waals surface area contributed by atoms with Crippen LogP contribution < -0.4 is 14.8 Å². The number of methoxy groups -OCH3 is 2. The molecule has 0 aliphatic rings. The fourth-order valence-electron chi connectivity index (χ4n) is 2.12. The van der Waals surface area contributed by atoms with Gasteiger partial charge in [-0.2, -0.15) is 0 Å². The van der Waals surface area contributed by atoms with Gasteiger partial charge in [0, 0.05) is 24.3 Å². The van der Waals surface area contributed by atoms with Gasteiger partial charge in [-0.1, -0.05) is 23.7 Å². The zero-order valence-electron chi connectivity index (χ0n) is 14.4. The van der Waals surface area contributed by atoms with Crippen LogP contribution in [0, 0.1) is 0 Å². The first kappa shape index (κ1) is 19.1. The maximum absolute atomic E-state index is 12.1. The highest BCUT2D eigenvalue weighted by Crippen LogP contribution is 2.30. The van der Waals surface area contributed by atoms with Gasteiger partial charge < -0.3 is 24.1 Å². The summed E-state index contributed by atoms with van der Waals surface area (Å²) in [5.74, 6) is 1.13. The van der Waals surface area contributed by atoms with Crippen molar-refractivity contribution >= 4 is 17.5 Å². The smallest absolute Gasteiger partial charge is 0.273 e. The van der Waals surface area contributed by atoms with Crippen molar-refractivity contribution in [2.75, 3.05) is 20.8 Å². The monoisotopic (exact) mass is 368 g/mol. The summed E-state index contributed by atoms with van der Waals surface area (Å²) >= 11 is 5.91. The molecule has 1 aromatic carbocycles. The number of ether oxygens (including phenoxy) is 3. The van der Waals surface area contributed by atoms with E-state index in [0.29, 0.717) is 28.9 Å². The maximum atomic E-state index is 12.1. The van der Waals surface area contributed by atoms with E-state index >= 15 is 0 Å². The number of benzene rings is 1. The van der Waals surface area contributed by atoms with Crippen LogP contribution >= 0.6 is 11.6 Å².